The Hall–Kier alpha value is -2.51. The fourth-order valence-electron chi connectivity index (χ4n) is 6.01. The lowest BCUT2D eigenvalue weighted by Gasteiger charge is -2.29. The number of nitrogens with one attached hydrogen (secondary N) is 1. The standard InChI is InChI=1S/C31H45FN4O2/c1-5-26-27(18-23(21(2)3)19-28(26)32)29(31(37)38)36-17-14-25(20-36)35(4)16-8-6-7-11-24-13-12-22-10-9-15-33-30(22)34-24/h12-13,18-19,21,25,29H,5-11,14-17,20H2,1-4H3,(H,33,34)(H,37,38)/t25-,29+/m1/s1. The normalized spacial score (nSPS) is 18.6. The fourth-order valence-corrected chi connectivity index (χ4v) is 6.01. The first-order chi connectivity index (χ1) is 18.3. The lowest BCUT2D eigenvalue weighted by Crippen LogP contribution is -2.38. The molecule has 0 unspecified atom stereocenters. The number of nitrogens with zero attached hydrogens (tertiary/aromatic N) is 3. The lowest BCUT2D eigenvalue weighted by molar-refractivity contribution is -0.143. The molecule has 0 bridgehead atoms. The van der Waals surface area contributed by atoms with E-state index in [0.29, 0.717) is 36.7 Å². The van der Waals surface area contributed by atoms with Gasteiger partial charge in [-0.2, -0.15) is 0 Å². The van der Waals surface area contributed by atoms with E-state index >= 15 is 0 Å². The molecule has 1 saturated heterocycles. The average Bonchev–Trinajstić information content (AvgIpc) is 3.37. The summed E-state index contributed by atoms with van der Waals surface area (Å²) in [4.78, 5) is 21.7. The van der Waals surface area contributed by atoms with Crippen molar-refractivity contribution >= 4 is 11.8 Å². The first kappa shape index (κ1) is 28.5. The van der Waals surface area contributed by atoms with Gasteiger partial charge in [-0.15, -0.1) is 0 Å². The number of aryl methyl sites for hydroxylation is 2. The van der Waals surface area contributed by atoms with Crippen LogP contribution in [0.5, 0.6) is 0 Å². The quantitative estimate of drug-likeness (QED) is 0.342. The first-order valence-electron chi connectivity index (χ1n) is 14.5. The van der Waals surface area contributed by atoms with Crippen molar-refractivity contribution in [2.45, 2.75) is 90.1 Å². The lowest BCUT2D eigenvalue weighted by atomic mass is 9.91. The first-order valence-corrected chi connectivity index (χ1v) is 14.5. The Balaban J connectivity index is 1.29. The molecule has 1 aromatic heterocycles. The van der Waals surface area contributed by atoms with Crippen LogP contribution in [0.3, 0.4) is 0 Å². The third kappa shape index (κ3) is 6.73. The zero-order chi connectivity index (χ0) is 27.2. The number of aromatic nitrogens is 1. The number of fused-ring (bicyclic) bond motifs is 1. The Labute approximate surface area is 227 Å². The molecule has 0 radical (unpaired) electrons. The van der Waals surface area contributed by atoms with E-state index in [1.807, 2.05) is 31.7 Å². The van der Waals surface area contributed by atoms with Crippen LogP contribution in [-0.4, -0.2) is 65.1 Å². The van der Waals surface area contributed by atoms with E-state index in [-0.39, 0.29) is 11.7 Å². The van der Waals surface area contributed by atoms with Gasteiger partial charge in [-0.05, 0) is 98.8 Å². The molecule has 2 atom stereocenters. The minimum atomic E-state index is -0.894. The Morgan fingerprint density at radius 3 is 2.82 bits per heavy atom. The van der Waals surface area contributed by atoms with Gasteiger partial charge in [-0.1, -0.05) is 39.3 Å². The summed E-state index contributed by atoms with van der Waals surface area (Å²) in [5.74, 6) is 0.0355. The Morgan fingerprint density at radius 1 is 1.26 bits per heavy atom. The van der Waals surface area contributed by atoms with Crippen LogP contribution in [0.1, 0.15) is 92.8 Å². The molecule has 38 heavy (non-hydrogen) atoms. The van der Waals surface area contributed by atoms with Crippen molar-refractivity contribution in [1.29, 1.82) is 0 Å². The van der Waals surface area contributed by atoms with Gasteiger partial charge in [-0.3, -0.25) is 9.69 Å². The Morgan fingerprint density at radius 2 is 2.08 bits per heavy atom. The smallest absolute Gasteiger partial charge is 0.325 e. The maximum absolute atomic E-state index is 14.9. The molecule has 208 valence electrons. The summed E-state index contributed by atoms with van der Waals surface area (Å²) >= 11 is 0. The summed E-state index contributed by atoms with van der Waals surface area (Å²) in [5, 5.41) is 13.6. The van der Waals surface area contributed by atoms with Crippen molar-refractivity contribution in [1.82, 2.24) is 14.8 Å². The maximum atomic E-state index is 14.9. The molecular formula is C31H45FN4O2. The number of halogens is 1. The third-order valence-corrected chi connectivity index (χ3v) is 8.38. The van der Waals surface area contributed by atoms with Gasteiger partial charge >= 0.3 is 5.97 Å². The number of likely N-dealkylation sites (tertiary alicyclic amines) is 1. The van der Waals surface area contributed by atoms with Gasteiger partial charge < -0.3 is 15.3 Å². The van der Waals surface area contributed by atoms with Crippen LogP contribution in [0.4, 0.5) is 10.2 Å². The van der Waals surface area contributed by atoms with Crippen molar-refractivity contribution in [3.63, 3.8) is 0 Å². The number of anilines is 1. The van der Waals surface area contributed by atoms with Crippen molar-refractivity contribution in [3.05, 3.63) is 58.0 Å². The van der Waals surface area contributed by atoms with E-state index in [4.69, 9.17) is 4.98 Å². The Bertz CT molecular complexity index is 1110. The van der Waals surface area contributed by atoms with Crippen molar-refractivity contribution in [3.8, 4) is 0 Å². The zero-order valence-electron chi connectivity index (χ0n) is 23.6. The number of likely N-dealkylation sites (N-methyl/N-ethyl adjacent to an activating group) is 1. The van der Waals surface area contributed by atoms with Gasteiger partial charge in [0, 0.05) is 31.4 Å². The van der Waals surface area contributed by atoms with E-state index in [9.17, 15) is 14.3 Å². The van der Waals surface area contributed by atoms with Gasteiger partial charge in [0.15, 0.2) is 0 Å². The van der Waals surface area contributed by atoms with Gasteiger partial charge in [0.2, 0.25) is 0 Å². The molecule has 0 aliphatic carbocycles. The summed E-state index contributed by atoms with van der Waals surface area (Å²) in [7, 11) is 2.15. The number of carboxylic acid groups (broad SMARTS) is 1. The summed E-state index contributed by atoms with van der Waals surface area (Å²) in [6.07, 6.45) is 8.09. The topological polar surface area (TPSA) is 68.7 Å². The second-order valence-corrected chi connectivity index (χ2v) is 11.4. The molecular weight excluding hydrogens is 479 g/mol. The number of unbranched alkanes of at least 4 members (excludes halogenated alkanes) is 2. The molecule has 3 heterocycles. The highest BCUT2D eigenvalue weighted by Crippen LogP contribution is 2.33. The van der Waals surface area contributed by atoms with Gasteiger partial charge in [0.05, 0.1) is 0 Å². The SMILES string of the molecule is CCc1c(F)cc(C(C)C)cc1[C@@H](C(=O)O)N1CC[C@@H](N(C)CCCCCc2ccc3c(n2)NCCC3)C1. The summed E-state index contributed by atoms with van der Waals surface area (Å²) in [6.45, 7) is 9.34. The summed E-state index contributed by atoms with van der Waals surface area (Å²) in [5.41, 5.74) is 4.51. The molecule has 1 aromatic carbocycles. The number of carboxylic acids is 1. The number of rotatable bonds is 12. The van der Waals surface area contributed by atoms with Crippen LogP contribution in [0.15, 0.2) is 24.3 Å². The number of hydrogen-bond donors (Lipinski definition) is 2. The molecule has 7 heteroatoms. The predicted octanol–water partition coefficient (Wildman–Crippen LogP) is 5.81. The minimum absolute atomic E-state index is 0.140. The number of aliphatic carboxylic acids is 1. The average molecular weight is 525 g/mol. The van der Waals surface area contributed by atoms with Gasteiger partial charge in [0.1, 0.15) is 17.7 Å². The second kappa shape index (κ2) is 13.0. The van der Waals surface area contributed by atoms with E-state index < -0.39 is 12.0 Å². The molecule has 2 N–H and O–H groups in total. The molecule has 1 fully saturated rings. The van der Waals surface area contributed by atoms with E-state index in [1.54, 1.807) is 6.07 Å². The molecule has 2 aliphatic heterocycles. The third-order valence-electron chi connectivity index (χ3n) is 8.38. The number of pyridine rings is 1. The van der Waals surface area contributed by atoms with E-state index in [2.05, 4.69) is 29.4 Å². The number of benzene rings is 1. The maximum Gasteiger partial charge on any atom is 0.325 e. The van der Waals surface area contributed by atoms with Crippen LogP contribution in [-0.2, 0) is 24.1 Å². The Kier molecular flexibility index (Phi) is 9.77. The van der Waals surface area contributed by atoms with Crippen molar-refractivity contribution in [2.75, 3.05) is 38.5 Å². The van der Waals surface area contributed by atoms with E-state index in [1.165, 1.54) is 17.7 Å². The molecule has 0 amide bonds. The van der Waals surface area contributed by atoms with E-state index in [0.717, 1.165) is 63.0 Å². The van der Waals surface area contributed by atoms with Crippen LogP contribution in [0.2, 0.25) is 0 Å². The monoisotopic (exact) mass is 524 g/mol. The summed E-state index contributed by atoms with van der Waals surface area (Å²) in [6, 6.07) is 7.41. The predicted molar refractivity (Wildman–Crippen MR) is 151 cm³/mol. The van der Waals surface area contributed by atoms with Crippen LogP contribution < -0.4 is 5.32 Å². The van der Waals surface area contributed by atoms with Crippen molar-refractivity contribution in [2.24, 2.45) is 0 Å². The molecule has 2 aromatic rings. The zero-order valence-corrected chi connectivity index (χ0v) is 23.6. The van der Waals surface area contributed by atoms with Crippen LogP contribution >= 0.6 is 0 Å². The highest BCUT2D eigenvalue weighted by Gasteiger charge is 2.36. The number of hydrogen-bond acceptors (Lipinski definition) is 5. The molecule has 0 spiro atoms. The highest BCUT2D eigenvalue weighted by atomic mass is 19.1. The summed E-state index contributed by atoms with van der Waals surface area (Å²) < 4.78 is 14.9. The molecule has 0 saturated carbocycles. The number of carbonyl (C=O) groups is 1. The largest absolute Gasteiger partial charge is 0.480 e. The molecule has 6 nitrogen and oxygen atoms in total. The van der Waals surface area contributed by atoms with Crippen LogP contribution in [0.25, 0.3) is 0 Å². The molecule has 4 rings (SSSR count). The highest BCUT2D eigenvalue weighted by molar-refractivity contribution is 5.76. The molecule has 2 aliphatic rings. The fraction of sp³-hybridized carbons (Fsp3) is 0.613. The minimum Gasteiger partial charge on any atom is -0.480 e. The van der Waals surface area contributed by atoms with Gasteiger partial charge in [0.25, 0.3) is 0 Å². The van der Waals surface area contributed by atoms with Gasteiger partial charge in [-0.25, -0.2) is 9.37 Å². The van der Waals surface area contributed by atoms with Crippen molar-refractivity contribution < 1.29 is 14.3 Å². The second-order valence-electron chi connectivity index (χ2n) is 11.4. The van der Waals surface area contributed by atoms with Crippen LogP contribution in [0, 0.1) is 5.82 Å².